The van der Waals surface area contributed by atoms with E-state index in [-0.39, 0.29) is 5.41 Å². The fraction of sp³-hybridized carbons (Fsp3) is 0.800. The zero-order chi connectivity index (χ0) is 12.2. The van der Waals surface area contributed by atoms with Crippen LogP contribution in [0.2, 0.25) is 0 Å². The van der Waals surface area contributed by atoms with Gasteiger partial charge in [-0.3, -0.25) is 0 Å². The minimum atomic E-state index is -0.806. The second kappa shape index (κ2) is 3.60. The first-order valence-electron chi connectivity index (χ1n) is 6.90. The Kier molecular flexibility index (Phi) is 2.39. The molecule has 4 rings (SSSR count). The topological polar surface area (TPSA) is 37.3 Å². The lowest BCUT2D eigenvalue weighted by Crippen LogP contribution is -2.51. The van der Waals surface area contributed by atoms with Crippen molar-refractivity contribution in [3.63, 3.8) is 0 Å². The molecule has 2 nitrogen and oxygen atoms in total. The summed E-state index contributed by atoms with van der Waals surface area (Å²) in [5, 5.41) is 9.05. The van der Waals surface area contributed by atoms with Gasteiger partial charge in [0.25, 0.3) is 0 Å². The van der Waals surface area contributed by atoms with E-state index in [9.17, 15) is 4.79 Å². The summed E-state index contributed by atoms with van der Waals surface area (Å²) in [5.41, 5.74) is 0.642. The van der Waals surface area contributed by atoms with Gasteiger partial charge in [0.15, 0.2) is 0 Å². The first kappa shape index (κ1) is 11.3. The van der Waals surface area contributed by atoms with Crippen LogP contribution in [0.3, 0.4) is 0 Å². The van der Waals surface area contributed by atoms with Crippen molar-refractivity contribution in [2.45, 2.75) is 45.4 Å². The summed E-state index contributed by atoms with van der Waals surface area (Å²) < 4.78 is 0. The molecule has 0 aromatic heterocycles. The molecule has 4 saturated carbocycles. The van der Waals surface area contributed by atoms with E-state index in [1.165, 1.54) is 32.1 Å². The van der Waals surface area contributed by atoms with Crippen LogP contribution < -0.4 is 0 Å². The van der Waals surface area contributed by atoms with E-state index in [2.05, 4.69) is 13.5 Å². The van der Waals surface area contributed by atoms with Crippen LogP contribution in [0.4, 0.5) is 0 Å². The third-order valence-electron chi connectivity index (χ3n) is 5.90. The first-order chi connectivity index (χ1) is 7.99. The summed E-state index contributed by atoms with van der Waals surface area (Å²) in [4.78, 5) is 11.0. The van der Waals surface area contributed by atoms with Gasteiger partial charge in [0.05, 0.1) is 0 Å². The lowest BCUT2D eigenvalue weighted by molar-refractivity contribution is -0.135. The van der Waals surface area contributed by atoms with Crippen molar-refractivity contribution in [3.05, 3.63) is 12.2 Å². The van der Waals surface area contributed by atoms with E-state index < -0.39 is 5.97 Å². The lowest BCUT2D eigenvalue weighted by Gasteiger charge is -2.60. The quantitative estimate of drug-likeness (QED) is 0.759. The predicted octanol–water partition coefficient (Wildman–Crippen LogP) is 3.48. The Morgan fingerprint density at radius 3 is 2.06 bits per heavy atom. The summed E-state index contributed by atoms with van der Waals surface area (Å²) in [6, 6.07) is 0. The van der Waals surface area contributed by atoms with Gasteiger partial charge in [-0.1, -0.05) is 13.5 Å². The van der Waals surface area contributed by atoms with Gasteiger partial charge in [-0.2, -0.15) is 0 Å². The zero-order valence-corrected chi connectivity index (χ0v) is 10.6. The monoisotopic (exact) mass is 234 g/mol. The van der Waals surface area contributed by atoms with Crippen molar-refractivity contribution in [2.75, 3.05) is 0 Å². The number of hydrogen-bond donors (Lipinski definition) is 1. The molecule has 0 atom stereocenters. The van der Waals surface area contributed by atoms with Crippen LogP contribution in [-0.4, -0.2) is 11.1 Å². The fourth-order valence-electron chi connectivity index (χ4n) is 5.08. The average Bonchev–Trinajstić information content (AvgIpc) is 2.25. The standard InChI is InChI=1S/C15H22O2/c1-9(14(16)17)8-15(2)12-4-10-3-11(6-12)7-13(15)5-10/h10-13H,1,3-8H2,2H3,(H,16,17). The van der Waals surface area contributed by atoms with Crippen LogP contribution in [0.5, 0.6) is 0 Å². The maximum absolute atomic E-state index is 11.0. The van der Waals surface area contributed by atoms with Gasteiger partial charge in [-0.25, -0.2) is 4.79 Å². The van der Waals surface area contributed by atoms with E-state index in [1.807, 2.05) is 0 Å². The highest BCUT2D eigenvalue weighted by Gasteiger charge is 2.54. The van der Waals surface area contributed by atoms with Crippen LogP contribution in [-0.2, 0) is 4.79 Å². The molecular formula is C15H22O2. The molecule has 0 amide bonds. The Bertz CT molecular complexity index is 341. The number of hydrogen-bond acceptors (Lipinski definition) is 1. The van der Waals surface area contributed by atoms with Crippen molar-refractivity contribution in [2.24, 2.45) is 29.1 Å². The molecule has 0 unspecified atom stereocenters. The van der Waals surface area contributed by atoms with Crippen molar-refractivity contribution >= 4 is 5.97 Å². The molecule has 4 aliphatic carbocycles. The molecule has 2 heteroatoms. The maximum atomic E-state index is 11.0. The number of rotatable bonds is 3. The molecular weight excluding hydrogens is 212 g/mol. The molecule has 94 valence electrons. The second-order valence-electron chi connectivity index (χ2n) is 6.90. The molecule has 0 aliphatic heterocycles. The molecule has 4 fully saturated rings. The highest BCUT2D eigenvalue weighted by Crippen LogP contribution is 2.63. The highest BCUT2D eigenvalue weighted by molar-refractivity contribution is 5.85. The fourth-order valence-corrected chi connectivity index (χ4v) is 5.08. The summed E-state index contributed by atoms with van der Waals surface area (Å²) in [5.74, 6) is 2.61. The van der Waals surface area contributed by atoms with Gasteiger partial charge in [-0.05, 0) is 67.6 Å². The zero-order valence-electron chi connectivity index (χ0n) is 10.6. The van der Waals surface area contributed by atoms with Crippen LogP contribution in [0.25, 0.3) is 0 Å². The van der Waals surface area contributed by atoms with Gasteiger partial charge in [0.2, 0.25) is 0 Å². The summed E-state index contributed by atoms with van der Waals surface area (Å²) in [6.45, 7) is 6.08. The smallest absolute Gasteiger partial charge is 0.330 e. The van der Waals surface area contributed by atoms with Crippen molar-refractivity contribution < 1.29 is 9.90 Å². The third-order valence-corrected chi connectivity index (χ3v) is 5.90. The van der Waals surface area contributed by atoms with Gasteiger partial charge >= 0.3 is 5.97 Å². The molecule has 1 N–H and O–H groups in total. The van der Waals surface area contributed by atoms with Crippen LogP contribution >= 0.6 is 0 Å². The van der Waals surface area contributed by atoms with Crippen molar-refractivity contribution in [3.8, 4) is 0 Å². The van der Waals surface area contributed by atoms with E-state index in [0.29, 0.717) is 12.0 Å². The molecule has 17 heavy (non-hydrogen) atoms. The molecule has 0 spiro atoms. The summed E-state index contributed by atoms with van der Waals surface area (Å²) >= 11 is 0. The molecule has 4 aliphatic rings. The van der Waals surface area contributed by atoms with Gasteiger partial charge in [0.1, 0.15) is 0 Å². The predicted molar refractivity (Wildman–Crippen MR) is 66.5 cm³/mol. The molecule has 0 aromatic carbocycles. The SMILES string of the molecule is C=C(CC1(C)C2CC3CC(C2)CC1C3)C(=O)O. The number of carbonyl (C=O) groups is 1. The third kappa shape index (κ3) is 1.64. The van der Waals surface area contributed by atoms with Crippen LogP contribution in [0.15, 0.2) is 12.2 Å². The first-order valence-corrected chi connectivity index (χ1v) is 6.90. The van der Waals surface area contributed by atoms with Crippen molar-refractivity contribution in [1.29, 1.82) is 0 Å². The highest BCUT2D eigenvalue weighted by atomic mass is 16.4. The number of carboxylic acids is 1. The minimum absolute atomic E-state index is 0.225. The Balaban J connectivity index is 1.82. The second-order valence-corrected chi connectivity index (χ2v) is 6.90. The van der Waals surface area contributed by atoms with E-state index in [1.54, 1.807) is 0 Å². The van der Waals surface area contributed by atoms with Gasteiger partial charge < -0.3 is 5.11 Å². The molecule has 0 aromatic rings. The van der Waals surface area contributed by atoms with Crippen LogP contribution in [0, 0.1) is 29.1 Å². The average molecular weight is 234 g/mol. The summed E-state index contributed by atoms with van der Waals surface area (Å²) in [7, 11) is 0. The van der Waals surface area contributed by atoms with Crippen LogP contribution in [0.1, 0.15) is 45.4 Å². The normalized spacial score (nSPS) is 47.1. The number of carboxylic acid groups (broad SMARTS) is 1. The lowest BCUT2D eigenvalue weighted by atomic mass is 9.45. The Hall–Kier alpha value is -0.790. The molecule has 0 saturated heterocycles. The van der Waals surface area contributed by atoms with Gasteiger partial charge in [-0.15, -0.1) is 0 Å². The molecule has 0 heterocycles. The molecule has 0 radical (unpaired) electrons. The number of aliphatic carboxylic acids is 1. The Morgan fingerprint density at radius 1 is 1.18 bits per heavy atom. The summed E-state index contributed by atoms with van der Waals surface area (Å²) in [6.07, 6.45) is 7.53. The van der Waals surface area contributed by atoms with Gasteiger partial charge in [0, 0.05) is 5.57 Å². The van der Waals surface area contributed by atoms with E-state index >= 15 is 0 Å². The van der Waals surface area contributed by atoms with E-state index in [4.69, 9.17) is 5.11 Å². The maximum Gasteiger partial charge on any atom is 0.330 e. The molecule has 4 bridgehead atoms. The largest absolute Gasteiger partial charge is 0.478 e. The minimum Gasteiger partial charge on any atom is -0.478 e. The van der Waals surface area contributed by atoms with E-state index in [0.717, 1.165) is 23.7 Å². The van der Waals surface area contributed by atoms with Crippen molar-refractivity contribution in [1.82, 2.24) is 0 Å². The Morgan fingerprint density at radius 2 is 1.65 bits per heavy atom. The Labute approximate surface area is 103 Å².